The van der Waals surface area contributed by atoms with E-state index in [1.807, 2.05) is 12.1 Å². The van der Waals surface area contributed by atoms with Crippen LogP contribution in [0.5, 0.6) is 5.75 Å². The van der Waals surface area contributed by atoms with E-state index in [2.05, 4.69) is 15.0 Å². The maximum Gasteiger partial charge on any atom is 0.387 e. The van der Waals surface area contributed by atoms with Crippen molar-refractivity contribution in [2.45, 2.75) is 18.7 Å². The lowest BCUT2D eigenvalue weighted by atomic mass is 9.82. The van der Waals surface area contributed by atoms with Crippen LogP contribution in [-0.4, -0.2) is 30.4 Å². The van der Waals surface area contributed by atoms with Gasteiger partial charge in [-0.25, -0.2) is 4.99 Å². The van der Waals surface area contributed by atoms with E-state index in [4.69, 9.17) is 10.2 Å². The second-order valence-corrected chi connectivity index (χ2v) is 6.96. The molecule has 1 aliphatic rings. The Balaban J connectivity index is 1.73. The Bertz CT molecular complexity index is 1100. The molecule has 1 atom stereocenters. The molecule has 2 heterocycles. The van der Waals surface area contributed by atoms with Gasteiger partial charge in [-0.2, -0.15) is 8.78 Å². The van der Waals surface area contributed by atoms with Gasteiger partial charge in [0, 0.05) is 12.7 Å². The first kappa shape index (κ1) is 20.4. The number of aliphatic imine (C=N–C) groups is 1. The van der Waals surface area contributed by atoms with E-state index >= 15 is 0 Å². The first-order valence-corrected chi connectivity index (χ1v) is 9.46. The first-order valence-electron chi connectivity index (χ1n) is 9.46. The number of nitrogens with two attached hydrogens (primary N) is 1. The predicted octanol–water partition coefficient (Wildman–Crippen LogP) is 3.52. The molecule has 31 heavy (non-hydrogen) atoms. The van der Waals surface area contributed by atoms with Crippen LogP contribution in [0, 0.1) is 0 Å². The van der Waals surface area contributed by atoms with Crippen molar-refractivity contribution in [2.24, 2.45) is 10.7 Å². The molecule has 0 fully saturated rings. The molecule has 7 nitrogen and oxygen atoms in total. The Morgan fingerprint density at radius 3 is 2.55 bits per heavy atom. The summed E-state index contributed by atoms with van der Waals surface area (Å²) >= 11 is 0. The van der Waals surface area contributed by atoms with Gasteiger partial charge in [0.05, 0.1) is 12.8 Å². The van der Waals surface area contributed by atoms with Crippen LogP contribution >= 0.6 is 0 Å². The zero-order chi connectivity index (χ0) is 22.0. The van der Waals surface area contributed by atoms with Gasteiger partial charge in [-0.1, -0.05) is 24.3 Å². The summed E-state index contributed by atoms with van der Waals surface area (Å²) in [6, 6.07) is 16.7. The average Bonchev–Trinajstić information content (AvgIpc) is 3.36. The van der Waals surface area contributed by atoms with Crippen LogP contribution < -0.4 is 15.8 Å². The van der Waals surface area contributed by atoms with Gasteiger partial charge >= 0.3 is 6.61 Å². The van der Waals surface area contributed by atoms with Crippen LogP contribution in [0.15, 0.2) is 76.3 Å². The minimum absolute atomic E-state index is 0.0153. The number of likely N-dealkylation sites (N-methyl/N-ethyl adjacent to an activating group) is 1. The molecule has 0 saturated carbocycles. The highest BCUT2D eigenvalue weighted by Gasteiger charge is 2.49. The molecule has 3 N–H and O–H groups in total. The highest BCUT2D eigenvalue weighted by molar-refractivity contribution is 6.09. The highest BCUT2D eigenvalue weighted by atomic mass is 19.3. The predicted molar refractivity (Wildman–Crippen MR) is 111 cm³/mol. The van der Waals surface area contributed by atoms with Crippen molar-refractivity contribution >= 4 is 17.6 Å². The third kappa shape index (κ3) is 3.81. The highest BCUT2D eigenvalue weighted by Crippen LogP contribution is 2.40. The van der Waals surface area contributed by atoms with Gasteiger partial charge in [-0.3, -0.25) is 9.69 Å². The fraction of sp³-hybridized carbons (Fsp3) is 0.182. The van der Waals surface area contributed by atoms with Crippen LogP contribution in [0.1, 0.15) is 16.9 Å². The van der Waals surface area contributed by atoms with Gasteiger partial charge < -0.3 is 20.2 Å². The van der Waals surface area contributed by atoms with Gasteiger partial charge in [-0.05, 0) is 47.5 Å². The average molecular weight is 426 g/mol. The zero-order valence-electron chi connectivity index (χ0n) is 16.6. The molecular formula is C22H20F2N4O3. The van der Waals surface area contributed by atoms with Gasteiger partial charge in [0.1, 0.15) is 11.5 Å². The van der Waals surface area contributed by atoms with Crippen molar-refractivity contribution in [3.05, 3.63) is 83.8 Å². The lowest BCUT2D eigenvalue weighted by Gasteiger charge is -2.26. The largest absolute Gasteiger partial charge is 0.467 e. The summed E-state index contributed by atoms with van der Waals surface area (Å²) in [6.07, 6.45) is 1.59. The van der Waals surface area contributed by atoms with Crippen molar-refractivity contribution in [2.75, 3.05) is 12.4 Å². The Morgan fingerprint density at radius 2 is 1.94 bits per heavy atom. The third-order valence-corrected chi connectivity index (χ3v) is 5.06. The van der Waals surface area contributed by atoms with Crippen molar-refractivity contribution < 1.29 is 22.7 Å². The topological polar surface area (TPSA) is 93.1 Å². The van der Waals surface area contributed by atoms with E-state index in [9.17, 15) is 13.6 Å². The number of nitrogens with zero attached hydrogens (tertiary/aromatic N) is 2. The van der Waals surface area contributed by atoms with Crippen LogP contribution in [0.4, 0.5) is 14.5 Å². The number of amides is 1. The van der Waals surface area contributed by atoms with Gasteiger partial charge in [0.25, 0.3) is 5.91 Å². The van der Waals surface area contributed by atoms with E-state index < -0.39 is 12.2 Å². The number of rotatable bonds is 7. The maximum atomic E-state index is 13.3. The Hall–Kier alpha value is -3.88. The van der Waals surface area contributed by atoms with Crippen molar-refractivity contribution in [3.63, 3.8) is 0 Å². The fourth-order valence-corrected chi connectivity index (χ4v) is 3.52. The molecule has 1 aliphatic heterocycles. The van der Waals surface area contributed by atoms with Crippen LogP contribution in [0.3, 0.4) is 0 Å². The molecule has 0 saturated heterocycles. The number of guanidine groups is 1. The van der Waals surface area contributed by atoms with E-state index in [1.165, 1.54) is 36.2 Å². The first-order chi connectivity index (χ1) is 14.9. The summed E-state index contributed by atoms with van der Waals surface area (Å²) in [5, 5.41) is 3.25. The van der Waals surface area contributed by atoms with E-state index in [-0.39, 0.29) is 17.6 Å². The molecule has 1 unspecified atom stereocenters. The number of hydrogen-bond donors (Lipinski definition) is 2. The molecule has 4 rings (SSSR count). The summed E-state index contributed by atoms with van der Waals surface area (Å²) in [6.45, 7) is -2.48. The standard InChI is InChI=1S/C22H20F2N4O3/c1-28-19(29)22(27-21(28)25,14-7-9-17(10-8-14)31-20(23)24)15-4-2-5-16(12-15)26-13-18-6-3-11-30-18/h2-12,20,26H,13H2,1H3,(H2,25,27). The summed E-state index contributed by atoms with van der Waals surface area (Å²) in [4.78, 5) is 19.1. The number of carbonyl (C=O) groups is 1. The second-order valence-electron chi connectivity index (χ2n) is 6.96. The van der Waals surface area contributed by atoms with Crippen molar-refractivity contribution in [1.29, 1.82) is 0 Å². The molecule has 160 valence electrons. The molecule has 0 spiro atoms. The Morgan fingerprint density at radius 1 is 1.16 bits per heavy atom. The van der Waals surface area contributed by atoms with Crippen LogP contribution in [-0.2, 0) is 16.9 Å². The minimum Gasteiger partial charge on any atom is -0.467 e. The van der Waals surface area contributed by atoms with E-state index in [1.54, 1.807) is 30.5 Å². The molecule has 1 amide bonds. The summed E-state index contributed by atoms with van der Waals surface area (Å²) in [5.41, 5.74) is 6.35. The monoisotopic (exact) mass is 426 g/mol. The number of nitrogens with one attached hydrogen (secondary N) is 1. The molecule has 0 radical (unpaired) electrons. The number of benzene rings is 2. The maximum absolute atomic E-state index is 13.3. The molecule has 3 aromatic rings. The van der Waals surface area contributed by atoms with Crippen molar-refractivity contribution in [3.8, 4) is 5.75 Å². The number of ether oxygens (including phenoxy) is 1. The lowest BCUT2D eigenvalue weighted by molar-refractivity contribution is -0.129. The second kappa shape index (κ2) is 8.10. The normalized spacial score (nSPS) is 18.4. The van der Waals surface area contributed by atoms with Crippen LogP contribution in [0.25, 0.3) is 0 Å². The van der Waals surface area contributed by atoms with Crippen molar-refractivity contribution in [1.82, 2.24) is 4.90 Å². The molecule has 9 heteroatoms. The smallest absolute Gasteiger partial charge is 0.387 e. The molecule has 0 aliphatic carbocycles. The molecule has 1 aromatic heterocycles. The lowest BCUT2D eigenvalue weighted by Crippen LogP contribution is -2.41. The number of halogens is 2. The number of anilines is 1. The Labute approximate surface area is 177 Å². The molecule has 0 bridgehead atoms. The van der Waals surface area contributed by atoms with E-state index in [0.717, 1.165) is 11.4 Å². The SMILES string of the molecule is CN1C(=O)C(c2ccc(OC(F)F)cc2)(c2cccc(NCc3ccco3)c2)N=C1N. The van der Waals surface area contributed by atoms with Gasteiger partial charge in [-0.15, -0.1) is 0 Å². The van der Waals surface area contributed by atoms with Gasteiger partial charge in [0.15, 0.2) is 11.5 Å². The minimum atomic E-state index is -2.94. The third-order valence-electron chi connectivity index (χ3n) is 5.06. The van der Waals surface area contributed by atoms with Gasteiger partial charge in [0.2, 0.25) is 0 Å². The van der Waals surface area contributed by atoms with Crippen LogP contribution in [0.2, 0.25) is 0 Å². The summed E-state index contributed by atoms with van der Waals surface area (Å²) in [5.74, 6) is 0.453. The molecular weight excluding hydrogens is 406 g/mol. The number of furan rings is 1. The quantitative estimate of drug-likeness (QED) is 0.603. The zero-order valence-corrected chi connectivity index (χ0v) is 16.6. The number of alkyl halides is 2. The fourth-order valence-electron chi connectivity index (χ4n) is 3.52. The molecule has 2 aromatic carbocycles. The summed E-state index contributed by atoms with van der Waals surface area (Å²) < 4.78 is 34.8. The number of hydrogen-bond acceptors (Lipinski definition) is 6. The van der Waals surface area contributed by atoms with E-state index in [0.29, 0.717) is 17.7 Å². The number of carbonyl (C=O) groups excluding carboxylic acids is 1. The Kier molecular flexibility index (Phi) is 5.33. The summed E-state index contributed by atoms with van der Waals surface area (Å²) in [7, 11) is 1.54.